The lowest BCUT2D eigenvalue weighted by molar-refractivity contribution is 0.400. The number of hydrogen-bond acceptors (Lipinski definition) is 1. The molecule has 0 saturated carbocycles. The second-order valence-corrected chi connectivity index (χ2v) is 4.90. The van der Waals surface area contributed by atoms with Gasteiger partial charge in [-0.1, -0.05) is 20.8 Å². The molecule has 14 heavy (non-hydrogen) atoms. The van der Waals surface area contributed by atoms with E-state index in [1.54, 1.807) is 0 Å². The first-order valence-corrected chi connectivity index (χ1v) is 5.65. The van der Waals surface area contributed by atoms with Gasteiger partial charge in [-0.3, -0.25) is 0 Å². The molecular formula is C12H20N2. The van der Waals surface area contributed by atoms with Gasteiger partial charge in [-0.05, 0) is 25.2 Å². The standard InChI is InChI=1S/C12H20N2/c1-8(2)12-10(4)13-11-7-9(3)5-6-14(11)12/h8-9H,5-7H2,1-4H3. The van der Waals surface area contributed by atoms with E-state index in [-0.39, 0.29) is 0 Å². The third-order valence-corrected chi connectivity index (χ3v) is 3.19. The Balaban J connectivity index is 2.43. The maximum absolute atomic E-state index is 4.69. The van der Waals surface area contributed by atoms with E-state index >= 15 is 0 Å². The Hall–Kier alpha value is -0.790. The molecule has 0 spiro atoms. The van der Waals surface area contributed by atoms with E-state index in [9.17, 15) is 0 Å². The number of hydrogen-bond donors (Lipinski definition) is 0. The molecule has 2 heterocycles. The minimum Gasteiger partial charge on any atom is -0.331 e. The first kappa shape index (κ1) is 9.75. The van der Waals surface area contributed by atoms with Crippen molar-refractivity contribution in [3.63, 3.8) is 0 Å². The van der Waals surface area contributed by atoms with Gasteiger partial charge >= 0.3 is 0 Å². The van der Waals surface area contributed by atoms with E-state index in [2.05, 4.69) is 37.2 Å². The minimum absolute atomic E-state index is 0.602. The molecular weight excluding hydrogens is 172 g/mol. The van der Waals surface area contributed by atoms with Gasteiger partial charge in [-0.2, -0.15) is 0 Å². The molecule has 2 nitrogen and oxygen atoms in total. The summed E-state index contributed by atoms with van der Waals surface area (Å²) in [5.41, 5.74) is 2.69. The number of imidazole rings is 1. The van der Waals surface area contributed by atoms with Crippen LogP contribution in [-0.4, -0.2) is 9.55 Å². The fourth-order valence-corrected chi connectivity index (χ4v) is 2.54. The first-order chi connectivity index (χ1) is 6.59. The zero-order valence-corrected chi connectivity index (χ0v) is 9.67. The van der Waals surface area contributed by atoms with Crippen LogP contribution in [0, 0.1) is 12.8 Å². The largest absolute Gasteiger partial charge is 0.331 e. The Bertz CT molecular complexity index is 336. The van der Waals surface area contributed by atoms with Crippen molar-refractivity contribution in [1.82, 2.24) is 9.55 Å². The van der Waals surface area contributed by atoms with Crippen molar-refractivity contribution in [3.05, 3.63) is 17.2 Å². The summed E-state index contributed by atoms with van der Waals surface area (Å²) < 4.78 is 2.44. The average molecular weight is 192 g/mol. The van der Waals surface area contributed by atoms with E-state index in [1.807, 2.05) is 0 Å². The predicted molar refractivity (Wildman–Crippen MR) is 58.5 cm³/mol. The molecule has 0 amide bonds. The van der Waals surface area contributed by atoms with Crippen molar-refractivity contribution in [2.24, 2.45) is 5.92 Å². The Morgan fingerprint density at radius 1 is 1.43 bits per heavy atom. The molecule has 0 fully saturated rings. The summed E-state index contributed by atoms with van der Waals surface area (Å²) in [6, 6.07) is 0. The molecule has 1 atom stereocenters. The summed E-state index contributed by atoms with van der Waals surface area (Å²) in [5, 5.41) is 0. The van der Waals surface area contributed by atoms with E-state index in [1.165, 1.54) is 30.2 Å². The van der Waals surface area contributed by atoms with Crippen molar-refractivity contribution in [2.45, 2.75) is 53.0 Å². The lowest BCUT2D eigenvalue weighted by atomic mass is 9.99. The summed E-state index contributed by atoms with van der Waals surface area (Å²) in [5.74, 6) is 2.72. The van der Waals surface area contributed by atoms with Crippen LogP contribution in [0.3, 0.4) is 0 Å². The molecule has 0 aliphatic carbocycles. The molecule has 0 aromatic carbocycles. The van der Waals surface area contributed by atoms with Crippen LogP contribution in [0.25, 0.3) is 0 Å². The fourth-order valence-electron chi connectivity index (χ4n) is 2.54. The Morgan fingerprint density at radius 3 is 2.79 bits per heavy atom. The van der Waals surface area contributed by atoms with Gasteiger partial charge in [-0.15, -0.1) is 0 Å². The van der Waals surface area contributed by atoms with Crippen LogP contribution in [0.5, 0.6) is 0 Å². The van der Waals surface area contributed by atoms with Crippen LogP contribution in [0.2, 0.25) is 0 Å². The molecule has 0 N–H and O–H groups in total. The van der Waals surface area contributed by atoms with E-state index in [0.717, 1.165) is 12.3 Å². The minimum atomic E-state index is 0.602. The summed E-state index contributed by atoms with van der Waals surface area (Å²) in [6.07, 6.45) is 2.47. The number of fused-ring (bicyclic) bond motifs is 1. The highest BCUT2D eigenvalue weighted by molar-refractivity contribution is 5.20. The summed E-state index contributed by atoms with van der Waals surface area (Å²) >= 11 is 0. The third kappa shape index (κ3) is 1.47. The van der Waals surface area contributed by atoms with Crippen LogP contribution in [0.1, 0.15) is 50.3 Å². The lowest BCUT2D eigenvalue weighted by Crippen LogP contribution is -2.19. The maximum atomic E-state index is 4.69. The van der Waals surface area contributed by atoms with E-state index in [4.69, 9.17) is 0 Å². The van der Waals surface area contributed by atoms with Crippen LogP contribution in [-0.2, 0) is 13.0 Å². The molecule has 2 heteroatoms. The maximum Gasteiger partial charge on any atom is 0.109 e. The van der Waals surface area contributed by atoms with Crippen molar-refractivity contribution >= 4 is 0 Å². The van der Waals surface area contributed by atoms with Crippen LogP contribution < -0.4 is 0 Å². The summed E-state index contributed by atoms with van der Waals surface area (Å²) in [4.78, 5) is 4.69. The van der Waals surface area contributed by atoms with Crippen molar-refractivity contribution in [2.75, 3.05) is 0 Å². The average Bonchev–Trinajstić information content (AvgIpc) is 2.39. The fraction of sp³-hybridized carbons (Fsp3) is 0.750. The SMILES string of the molecule is Cc1nc2n(c1C(C)C)CCC(C)C2. The van der Waals surface area contributed by atoms with Gasteiger partial charge < -0.3 is 4.57 Å². The van der Waals surface area contributed by atoms with Gasteiger partial charge in [0.2, 0.25) is 0 Å². The van der Waals surface area contributed by atoms with Gasteiger partial charge in [0.05, 0.1) is 5.69 Å². The van der Waals surface area contributed by atoms with Gasteiger partial charge in [0.15, 0.2) is 0 Å². The lowest BCUT2D eigenvalue weighted by Gasteiger charge is -2.22. The highest BCUT2D eigenvalue weighted by Crippen LogP contribution is 2.27. The molecule has 1 unspecified atom stereocenters. The highest BCUT2D eigenvalue weighted by atomic mass is 15.1. The predicted octanol–water partition coefficient (Wildman–Crippen LogP) is 2.90. The summed E-state index contributed by atoms with van der Waals surface area (Å²) in [6.45, 7) is 10.2. The molecule has 1 aliphatic rings. The second kappa shape index (κ2) is 3.41. The van der Waals surface area contributed by atoms with Crippen LogP contribution in [0.15, 0.2) is 0 Å². The Labute approximate surface area is 86.3 Å². The second-order valence-electron chi connectivity index (χ2n) is 4.90. The van der Waals surface area contributed by atoms with Gasteiger partial charge in [0, 0.05) is 18.7 Å². The van der Waals surface area contributed by atoms with Gasteiger partial charge in [0.25, 0.3) is 0 Å². The number of aromatic nitrogens is 2. The zero-order chi connectivity index (χ0) is 10.3. The summed E-state index contributed by atoms with van der Waals surface area (Å²) in [7, 11) is 0. The molecule has 0 saturated heterocycles. The van der Waals surface area contributed by atoms with E-state index < -0.39 is 0 Å². The third-order valence-electron chi connectivity index (χ3n) is 3.19. The first-order valence-electron chi connectivity index (χ1n) is 5.65. The van der Waals surface area contributed by atoms with Crippen LogP contribution >= 0.6 is 0 Å². The Morgan fingerprint density at radius 2 is 2.14 bits per heavy atom. The molecule has 2 rings (SSSR count). The van der Waals surface area contributed by atoms with Gasteiger partial charge in [0.1, 0.15) is 5.82 Å². The molecule has 78 valence electrons. The number of aryl methyl sites for hydroxylation is 1. The molecule has 1 aromatic heterocycles. The molecule has 1 aromatic rings. The van der Waals surface area contributed by atoms with Crippen LogP contribution in [0.4, 0.5) is 0 Å². The monoisotopic (exact) mass is 192 g/mol. The number of rotatable bonds is 1. The Kier molecular flexibility index (Phi) is 2.38. The molecule has 0 bridgehead atoms. The quantitative estimate of drug-likeness (QED) is 0.669. The number of nitrogens with zero attached hydrogens (tertiary/aromatic N) is 2. The zero-order valence-electron chi connectivity index (χ0n) is 9.67. The van der Waals surface area contributed by atoms with Crippen molar-refractivity contribution in [3.8, 4) is 0 Å². The van der Waals surface area contributed by atoms with Gasteiger partial charge in [-0.25, -0.2) is 4.98 Å². The molecule has 1 aliphatic heterocycles. The van der Waals surface area contributed by atoms with E-state index in [0.29, 0.717) is 5.92 Å². The normalized spacial score (nSPS) is 21.4. The highest BCUT2D eigenvalue weighted by Gasteiger charge is 2.22. The topological polar surface area (TPSA) is 17.8 Å². The van der Waals surface area contributed by atoms with Crippen molar-refractivity contribution < 1.29 is 0 Å². The smallest absolute Gasteiger partial charge is 0.109 e. The molecule has 0 radical (unpaired) electrons. The van der Waals surface area contributed by atoms with Crippen molar-refractivity contribution in [1.29, 1.82) is 0 Å².